The van der Waals surface area contributed by atoms with Gasteiger partial charge in [0.15, 0.2) is 0 Å². The number of ether oxygens (including phenoxy) is 1. The third-order valence-electron chi connectivity index (χ3n) is 9.91. The lowest BCUT2D eigenvalue weighted by Gasteiger charge is -2.32. The molecule has 5 aliphatic rings. The van der Waals surface area contributed by atoms with E-state index < -0.39 is 77.1 Å². The van der Waals surface area contributed by atoms with Gasteiger partial charge in [-0.25, -0.2) is 4.79 Å². The fourth-order valence-corrected chi connectivity index (χ4v) is 7.43. The molecule has 3 atom stereocenters. The fourth-order valence-electron chi connectivity index (χ4n) is 7.43. The molecule has 270 valence electrons. The Hall–Kier alpha value is -5.93. The zero-order chi connectivity index (χ0) is 37.2. The molecule has 52 heavy (non-hydrogen) atoms. The molecule has 2 aromatic rings. The first-order valence-electron chi connectivity index (χ1n) is 17.1. The maximum atomic E-state index is 13.7. The van der Waals surface area contributed by atoms with Crippen molar-refractivity contribution in [1.29, 1.82) is 0 Å². The van der Waals surface area contributed by atoms with Crippen molar-refractivity contribution in [2.75, 3.05) is 24.5 Å². The highest BCUT2D eigenvalue weighted by molar-refractivity contribution is 6.24. The van der Waals surface area contributed by atoms with Gasteiger partial charge in [-0.2, -0.15) is 0 Å². The molecule has 16 heteroatoms. The molecule has 5 heterocycles. The molecule has 7 rings (SSSR count). The second kappa shape index (κ2) is 12.7. The van der Waals surface area contributed by atoms with Crippen LogP contribution in [0.3, 0.4) is 0 Å². The van der Waals surface area contributed by atoms with Crippen LogP contribution in [-0.2, 0) is 23.9 Å². The van der Waals surface area contributed by atoms with Crippen molar-refractivity contribution in [2.24, 2.45) is 0 Å². The number of fused-ring (bicyclic) bond motifs is 2. The van der Waals surface area contributed by atoms with Gasteiger partial charge in [0.2, 0.25) is 23.6 Å². The summed E-state index contributed by atoms with van der Waals surface area (Å²) in [5.41, 5.74) is 0.784. The topological polar surface area (TPSA) is 200 Å². The molecule has 2 N–H and O–H groups in total. The van der Waals surface area contributed by atoms with E-state index in [1.165, 1.54) is 12.1 Å². The Morgan fingerprint density at radius 3 is 1.69 bits per heavy atom. The number of imide groups is 4. The largest absolute Gasteiger partial charge is 0.444 e. The van der Waals surface area contributed by atoms with E-state index in [9.17, 15) is 43.2 Å². The van der Waals surface area contributed by atoms with Crippen LogP contribution in [0.5, 0.6) is 0 Å². The number of piperidine rings is 2. The van der Waals surface area contributed by atoms with Gasteiger partial charge in [0, 0.05) is 38.2 Å². The number of rotatable bonds is 4. The average Bonchev–Trinajstić information content (AvgIpc) is 3.34. The van der Waals surface area contributed by atoms with Gasteiger partial charge in [0.05, 0.1) is 28.3 Å². The minimum Gasteiger partial charge on any atom is -0.444 e. The van der Waals surface area contributed by atoms with Crippen LogP contribution in [0.15, 0.2) is 36.4 Å². The van der Waals surface area contributed by atoms with Gasteiger partial charge < -0.3 is 14.5 Å². The highest BCUT2D eigenvalue weighted by Gasteiger charge is 2.47. The number of amides is 9. The second-order valence-corrected chi connectivity index (χ2v) is 14.4. The van der Waals surface area contributed by atoms with Gasteiger partial charge in [-0.15, -0.1) is 0 Å². The first kappa shape index (κ1) is 34.5. The average molecular weight is 713 g/mol. The summed E-state index contributed by atoms with van der Waals surface area (Å²) in [6.07, 6.45) is -0.182. The van der Waals surface area contributed by atoms with Crippen LogP contribution < -0.4 is 15.5 Å². The molecule has 2 aromatic carbocycles. The van der Waals surface area contributed by atoms with Crippen LogP contribution in [0, 0.1) is 0 Å². The Morgan fingerprint density at radius 2 is 1.15 bits per heavy atom. The Kier molecular flexibility index (Phi) is 8.42. The van der Waals surface area contributed by atoms with Crippen molar-refractivity contribution in [3.63, 3.8) is 0 Å². The zero-order valence-electron chi connectivity index (χ0n) is 28.7. The minimum absolute atomic E-state index is 0.0121. The van der Waals surface area contributed by atoms with Crippen molar-refractivity contribution in [3.8, 4) is 0 Å². The molecule has 3 fully saturated rings. The number of nitrogens with one attached hydrogen (secondary N) is 2. The summed E-state index contributed by atoms with van der Waals surface area (Å²) in [4.78, 5) is 121. The maximum Gasteiger partial charge on any atom is 0.410 e. The minimum atomic E-state index is -1.13. The van der Waals surface area contributed by atoms with Crippen molar-refractivity contribution in [3.05, 3.63) is 64.2 Å². The Morgan fingerprint density at radius 1 is 0.635 bits per heavy atom. The summed E-state index contributed by atoms with van der Waals surface area (Å²) in [6.45, 7) is 6.02. The van der Waals surface area contributed by atoms with E-state index in [4.69, 9.17) is 4.74 Å². The number of carbonyl (C=O) groups excluding carboxylic acids is 9. The summed E-state index contributed by atoms with van der Waals surface area (Å²) in [5.74, 6) is -5.02. The summed E-state index contributed by atoms with van der Waals surface area (Å²) < 4.78 is 5.64. The van der Waals surface area contributed by atoms with Gasteiger partial charge in [-0.05, 0) is 75.9 Å². The van der Waals surface area contributed by atoms with Crippen molar-refractivity contribution >= 4 is 59.0 Å². The first-order valence-corrected chi connectivity index (χ1v) is 17.1. The molecule has 0 spiro atoms. The van der Waals surface area contributed by atoms with Gasteiger partial charge in [0.25, 0.3) is 23.6 Å². The van der Waals surface area contributed by atoms with Crippen LogP contribution in [0.2, 0.25) is 0 Å². The smallest absolute Gasteiger partial charge is 0.410 e. The van der Waals surface area contributed by atoms with Crippen LogP contribution in [0.25, 0.3) is 0 Å². The Labute approximate surface area is 297 Å². The molecule has 5 aliphatic heterocycles. The van der Waals surface area contributed by atoms with E-state index in [2.05, 4.69) is 10.6 Å². The van der Waals surface area contributed by atoms with E-state index >= 15 is 0 Å². The summed E-state index contributed by atoms with van der Waals surface area (Å²) in [6, 6.07) is 6.78. The van der Waals surface area contributed by atoms with Gasteiger partial charge >= 0.3 is 6.09 Å². The SMILES string of the molecule is CC(C)(C)OC(=O)N1CCC(c2ccc3c(c2)C(=O)N(C2CCC(=O)NC2=O)C3=O)N(c2ccc3c(c2)C(=O)N(C2CCC(=O)NC2=O)C3=O)CC1. The molecule has 9 amide bonds. The van der Waals surface area contributed by atoms with Crippen molar-refractivity contribution in [1.82, 2.24) is 25.3 Å². The van der Waals surface area contributed by atoms with E-state index in [-0.39, 0.29) is 67.6 Å². The van der Waals surface area contributed by atoms with E-state index in [1.54, 1.807) is 49.9 Å². The van der Waals surface area contributed by atoms with Gasteiger partial charge in [-0.1, -0.05) is 6.07 Å². The second-order valence-electron chi connectivity index (χ2n) is 14.4. The number of hydrogen-bond donors (Lipinski definition) is 2. The van der Waals surface area contributed by atoms with Crippen LogP contribution in [-0.4, -0.2) is 105 Å². The summed E-state index contributed by atoms with van der Waals surface area (Å²) >= 11 is 0. The molecule has 0 aliphatic carbocycles. The highest BCUT2D eigenvalue weighted by atomic mass is 16.6. The Bertz CT molecular complexity index is 1870. The number of nitrogens with zero attached hydrogens (tertiary/aromatic N) is 4. The predicted molar refractivity (Wildman–Crippen MR) is 179 cm³/mol. The summed E-state index contributed by atoms with van der Waals surface area (Å²) in [5, 5.41) is 4.38. The zero-order valence-corrected chi connectivity index (χ0v) is 28.7. The standard InChI is InChI=1S/C36H36N6O10/c1-36(2,3)52-35(51)39-13-12-24(18-4-6-20-22(16-18)33(49)41(31(20)47)25-8-10-27(43)37-29(25)45)40(15-14-39)19-5-7-21-23(17-19)34(50)42(32(21)48)26-9-11-28(44)38-30(26)46/h4-7,16-17,24-26H,8-15H2,1-3H3,(H,37,43,45)(H,38,44,46). The molecule has 16 nitrogen and oxygen atoms in total. The lowest BCUT2D eigenvalue weighted by Crippen LogP contribution is -2.54. The monoisotopic (exact) mass is 712 g/mol. The van der Waals surface area contributed by atoms with Crippen LogP contribution in [0.4, 0.5) is 10.5 Å². The predicted octanol–water partition coefficient (Wildman–Crippen LogP) is 1.68. The van der Waals surface area contributed by atoms with Crippen molar-refractivity contribution in [2.45, 2.75) is 76.6 Å². The normalized spacial score (nSPS) is 23.8. The molecule has 3 saturated heterocycles. The number of hydrogen-bond acceptors (Lipinski definition) is 11. The molecule has 3 unspecified atom stereocenters. The number of anilines is 1. The van der Waals surface area contributed by atoms with Gasteiger partial charge in [0.1, 0.15) is 17.7 Å². The van der Waals surface area contributed by atoms with E-state index in [0.717, 1.165) is 9.80 Å². The number of carbonyl (C=O) groups is 9. The van der Waals surface area contributed by atoms with E-state index in [0.29, 0.717) is 17.7 Å². The van der Waals surface area contributed by atoms with E-state index in [1.807, 2.05) is 4.90 Å². The maximum absolute atomic E-state index is 13.7. The molecular weight excluding hydrogens is 676 g/mol. The number of benzene rings is 2. The Balaban J connectivity index is 1.22. The van der Waals surface area contributed by atoms with Gasteiger partial charge in [-0.3, -0.25) is 58.8 Å². The lowest BCUT2D eigenvalue weighted by atomic mass is 9.96. The molecule has 0 aromatic heterocycles. The fraction of sp³-hybridized carbons (Fsp3) is 0.417. The first-order chi connectivity index (χ1) is 24.6. The lowest BCUT2D eigenvalue weighted by molar-refractivity contribution is -0.137. The highest BCUT2D eigenvalue weighted by Crippen LogP contribution is 2.38. The van der Waals surface area contributed by atoms with Crippen LogP contribution in [0.1, 0.15) is 106 Å². The molecule has 0 radical (unpaired) electrons. The third-order valence-corrected chi connectivity index (χ3v) is 9.91. The molecular formula is C36H36N6O10. The van der Waals surface area contributed by atoms with Crippen molar-refractivity contribution < 1.29 is 47.9 Å². The quantitative estimate of drug-likeness (QED) is 0.437. The molecule has 0 saturated carbocycles. The third kappa shape index (κ3) is 5.96. The summed E-state index contributed by atoms with van der Waals surface area (Å²) in [7, 11) is 0. The molecule has 0 bridgehead atoms. The van der Waals surface area contributed by atoms with Crippen LogP contribution >= 0.6 is 0 Å².